The first-order valence-electron chi connectivity index (χ1n) is 12.5. The van der Waals surface area contributed by atoms with Gasteiger partial charge >= 0.3 is 7.82 Å². The molecule has 1 aliphatic rings. The van der Waals surface area contributed by atoms with Gasteiger partial charge in [0.2, 0.25) is 0 Å². The topological polar surface area (TPSA) is 158 Å². The van der Waals surface area contributed by atoms with Crippen molar-refractivity contribution in [3.05, 3.63) is 29.3 Å². The Morgan fingerprint density at radius 3 is 2.25 bits per heavy atom. The molecule has 7 unspecified atom stereocenters. The number of ether oxygens (including phenoxy) is 1. The van der Waals surface area contributed by atoms with Crippen LogP contribution >= 0.6 is 7.82 Å². The Kier molecular flexibility index (Phi) is 10.9. The van der Waals surface area contributed by atoms with Crippen molar-refractivity contribution in [2.75, 3.05) is 11.9 Å². The fourth-order valence-electron chi connectivity index (χ4n) is 4.30. The number of hydrogen-bond donors (Lipinski definition) is 6. The van der Waals surface area contributed by atoms with E-state index in [2.05, 4.69) is 26.1 Å². The molecule has 0 aromatic heterocycles. The predicted molar refractivity (Wildman–Crippen MR) is 137 cm³/mol. The minimum absolute atomic E-state index is 0.157. The van der Waals surface area contributed by atoms with Gasteiger partial charge in [-0.2, -0.15) is 0 Å². The molecule has 11 heteroatoms. The Balaban J connectivity index is 2.33. The summed E-state index contributed by atoms with van der Waals surface area (Å²) in [5.41, 5.74) is 1.05. The molecule has 7 atom stereocenters. The summed E-state index contributed by atoms with van der Waals surface area (Å²) >= 11 is 0. The monoisotopic (exact) mass is 533 g/mol. The molecule has 1 aromatic rings. The third-order valence-corrected chi connectivity index (χ3v) is 7.62. The molecule has 6 N–H and O–H groups in total. The SMILES string of the molecule is CCCC(C)(CC)Nc1cc(COP(=O)(O)OC(C)(C)C)ccc1CC1OC(CO)C(O)C(O)C1O. The van der Waals surface area contributed by atoms with Crippen molar-refractivity contribution in [2.24, 2.45) is 0 Å². The second kappa shape index (κ2) is 12.7. The van der Waals surface area contributed by atoms with Crippen LogP contribution in [0, 0.1) is 0 Å². The van der Waals surface area contributed by atoms with E-state index < -0.39 is 50.6 Å². The highest BCUT2D eigenvalue weighted by Crippen LogP contribution is 2.48. The molecule has 36 heavy (non-hydrogen) atoms. The van der Waals surface area contributed by atoms with Crippen LogP contribution < -0.4 is 5.32 Å². The van der Waals surface area contributed by atoms with Crippen LogP contribution in [-0.2, 0) is 31.4 Å². The van der Waals surface area contributed by atoms with E-state index in [-0.39, 0.29) is 18.6 Å². The number of aliphatic hydroxyl groups excluding tert-OH is 4. The molecule has 0 amide bonds. The Morgan fingerprint density at radius 2 is 1.69 bits per heavy atom. The van der Waals surface area contributed by atoms with Gasteiger partial charge in [0.15, 0.2) is 0 Å². The average Bonchev–Trinajstić information content (AvgIpc) is 2.78. The number of phosphoric ester groups is 1. The Labute approximate surface area is 214 Å². The van der Waals surface area contributed by atoms with Gasteiger partial charge in [-0.05, 0) is 57.7 Å². The lowest BCUT2D eigenvalue weighted by Crippen LogP contribution is -2.59. The van der Waals surface area contributed by atoms with Gasteiger partial charge in [-0.3, -0.25) is 9.05 Å². The zero-order chi connectivity index (χ0) is 27.3. The van der Waals surface area contributed by atoms with Crippen LogP contribution in [0.2, 0.25) is 0 Å². The minimum atomic E-state index is -4.27. The maximum absolute atomic E-state index is 12.3. The molecular weight excluding hydrogens is 489 g/mol. The van der Waals surface area contributed by atoms with Crippen molar-refractivity contribution in [3.8, 4) is 0 Å². The Hall–Kier alpha value is -1.07. The lowest BCUT2D eigenvalue weighted by atomic mass is 9.89. The average molecular weight is 534 g/mol. The largest absolute Gasteiger partial charge is 0.473 e. The number of benzene rings is 1. The lowest BCUT2D eigenvalue weighted by molar-refractivity contribution is -0.228. The van der Waals surface area contributed by atoms with Gasteiger partial charge in [0.05, 0.1) is 24.9 Å². The summed E-state index contributed by atoms with van der Waals surface area (Å²) in [6.45, 7) is 10.6. The lowest BCUT2D eigenvalue weighted by Gasteiger charge is -2.40. The number of anilines is 1. The smallest absolute Gasteiger partial charge is 0.394 e. The zero-order valence-corrected chi connectivity index (χ0v) is 23.1. The van der Waals surface area contributed by atoms with E-state index in [0.717, 1.165) is 30.5 Å². The van der Waals surface area contributed by atoms with E-state index in [1.807, 2.05) is 6.07 Å². The molecule has 2 rings (SSSR count). The van der Waals surface area contributed by atoms with Crippen LogP contribution in [0.4, 0.5) is 5.69 Å². The van der Waals surface area contributed by atoms with Gasteiger partial charge in [0.25, 0.3) is 0 Å². The molecule has 0 radical (unpaired) electrons. The molecule has 1 saturated heterocycles. The van der Waals surface area contributed by atoms with Gasteiger partial charge in [-0.15, -0.1) is 0 Å². The quantitative estimate of drug-likeness (QED) is 0.221. The van der Waals surface area contributed by atoms with Gasteiger partial charge < -0.3 is 35.4 Å². The van der Waals surface area contributed by atoms with Gasteiger partial charge in [-0.25, -0.2) is 4.57 Å². The summed E-state index contributed by atoms with van der Waals surface area (Å²) in [5.74, 6) is 0. The number of rotatable bonds is 12. The first kappa shape index (κ1) is 31.1. The van der Waals surface area contributed by atoms with Crippen molar-refractivity contribution < 1.29 is 43.7 Å². The molecule has 0 aliphatic carbocycles. The van der Waals surface area contributed by atoms with Crippen LogP contribution in [0.25, 0.3) is 0 Å². The molecular formula is C25H44NO9P. The third-order valence-electron chi connectivity index (χ3n) is 6.39. The van der Waals surface area contributed by atoms with Gasteiger partial charge in [0.1, 0.15) is 24.4 Å². The van der Waals surface area contributed by atoms with E-state index in [0.29, 0.717) is 5.56 Å². The minimum Gasteiger partial charge on any atom is -0.394 e. The number of phosphoric acid groups is 1. The second-order valence-electron chi connectivity index (χ2n) is 10.8. The fraction of sp³-hybridized carbons (Fsp3) is 0.760. The van der Waals surface area contributed by atoms with Gasteiger partial charge in [0, 0.05) is 17.6 Å². The first-order valence-corrected chi connectivity index (χ1v) is 14.0. The fourth-order valence-corrected chi connectivity index (χ4v) is 5.36. The summed E-state index contributed by atoms with van der Waals surface area (Å²) in [6, 6.07) is 5.36. The normalized spacial score (nSPS) is 28.4. The maximum Gasteiger partial charge on any atom is 0.473 e. The predicted octanol–water partition coefficient (Wildman–Crippen LogP) is 2.88. The molecule has 0 spiro atoms. The van der Waals surface area contributed by atoms with Crippen molar-refractivity contribution in [3.63, 3.8) is 0 Å². The van der Waals surface area contributed by atoms with Crippen molar-refractivity contribution >= 4 is 13.5 Å². The van der Waals surface area contributed by atoms with Crippen LogP contribution in [-0.4, -0.2) is 73.6 Å². The van der Waals surface area contributed by atoms with E-state index in [9.17, 15) is 29.9 Å². The first-order chi connectivity index (χ1) is 16.6. The summed E-state index contributed by atoms with van der Waals surface area (Å²) in [5, 5.41) is 43.9. The maximum atomic E-state index is 12.3. The van der Waals surface area contributed by atoms with Crippen LogP contribution in [0.1, 0.15) is 71.9 Å². The summed E-state index contributed by atoms with van der Waals surface area (Å²) in [7, 11) is -4.27. The number of aliphatic hydroxyl groups is 4. The molecule has 0 saturated carbocycles. The Bertz CT molecular complexity index is 891. The summed E-state index contributed by atoms with van der Waals surface area (Å²) in [6.07, 6.45) is -3.17. The van der Waals surface area contributed by atoms with E-state index >= 15 is 0 Å². The molecule has 1 heterocycles. The highest BCUT2D eigenvalue weighted by atomic mass is 31.2. The van der Waals surface area contributed by atoms with Crippen LogP contribution in [0.15, 0.2) is 18.2 Å². The molecule has 1 fully saturated rings. The van der Waals surface area contributed by atoms with E-state index in [1.54, 1.807) is 32.9 Å². The van der Waals surface area contributed by atoms with Crippen LogP contribution in [0.3, 0.4) is 0 Å². The standard InChI is InChI=1S/C25H44NO9P/c1-7-11-25(6,8-2)26-18-12-16(15-33-36(31,32)35-24(3,4)5)9-10-17(18)13-19-21(28)23(30)22(29)20(14-27)34-19/h9-10,12,19-23,26-30H,7-8,11,13-15H2,1-6H3,(H,31,32). The van der Waals surface area contributed by atoms with Gasteiger partial charge in [-0.1, -0.05) is 32.4 Å². The molecule has 1 aliphatic heterocycles. The zero-order valence-electron chi connectivity index (χ0n) is 22.2. The molecule has 1 aromatic carbocycles. The van der Waals surface area contributed by atoms with Crippen molar-refractivity contribution in [1.82, 2.24) is 0 Å². The molecule has 0 bridgehead atoms. The summed E-state index contributed by atoms with van der Waals surface area (Å²) < 4.78 is 28.4. The highest BCUT2D eigenvalue weighted by molar-refractivity contribution is 7.47. The molecule has 10 nitrogen and oxygen atoms in total. The van der Waals surface area contributed by atoms with E-state index in [1.165, 1.54) is 0 Å². The highest BCUT2D eigenvalue weighted by Gasteiger charge is 2.43. The summed E-state index contributed by atoms with van der Waals surface area (Å²) in [4.78, 5) is 10.1. The van der Waals surface area contributed by atoms with Crippen LogP contribution in [0.5, 0.6) is 0 Å². The number of hydrogen-bond acceptors (Lipinski definition) is 9. The Morgan fingerprint density at radius 1 is 1.06 bits per heavy atom. The van der Waals surface area contributed by atoms with Crippen molar-refractivity contribution in [2.45, 2.75) is 115 Å². The second-order valence-corrected chi connectivity index (χ2v) is 12.2. The van der Waals surface area contributed by atoms with E-state index in [4.69, 9.17) is 13.8 Å². The molecule has 208 valence electrons. The van der Waals surface area contributed by atoms with Crippen molar-refractivity contribution in [1.29, 1.82) is 0 Å². The third kappa shape index (κ3) is 8.75. The number of nitrogens with one attached hydrogen (secondary N) is 1.